The predicted molar refractivity (Wildman–Crippen MR) is 86.7 cm³/mol. The smallest absolute Gasteiger partial charge is 0.0558 e. The van der Waals surface area contributed by atoms with E-state index in [1.54, 1.807) is 0 Å². The van der Waals surface area contributed by atoms with Crippen molar-refractivity contribution in [3.8, 4) is 11.8 Å². The highest BCUT2D eigenvalue weighted by atomic mass is 16.3. The summed E-state index contributed by atoms with van der Waals surface area (Å²) >= 11 is 0. The van der Waals surface area contributed by atoms with Crippen molar-refractivity contribution >= 4 is 0 Å². The Labute approximate surface area is 128 Å². The third-order valence-electron chi connectivity index (χ3n) is 4.15. The average Bonchev–Trinajstić information content (AvgIpc) is 2.54. The summed E-state index contributed by atoms with van der Waals surface area (Å²) in [7, 11) is 0. The molecule has 1 aliphatic carbocycles. The number of benzene rings is 1. The van der Waals surface area contributed by atoms with E-state index in [0.717, 1.165) is 18.7 Å². The standard InChI is InChI=1S/C18H26N2O/c19-12-4-5-16-8-10-17(11-9-16)15-20(13-14-21)18-6-2-1-3-7-18/h8-11,18,21H,1-3,6-7,12-15,19H2. The van der Waals surface area contributed by atoms with Crippen molar-refractivity contribution in [3.63, 3.8) is 0 Å². The van der Waals surface area contributed by atoms with Gasteiger partial charge in [0.25, 0.3) is 0 Å². The van der Waals surface area contributed by atoms with E-state index in [-0.39, 0.29) is 6.61 Å². The van der Waals surface area contributed by atoms with E-state index in [4.69, 9.17) is 5.73 Å². The summed E-state index contributed by atoms with van der Waals surface area (Å²) in [5.41, 5.74) is 7.68. The van der Waals surface area contributed by atoms with Gasteiger partial charge in [-0.3, -0.25) is 4.90 Å². The first kappa shape index (κ1) is 16.0. The molecule has 21 heavy (non-hydrogen) atoms. The first-order valence-electron chi connectivity index (χ1n) is 7.96. The zero-order chi connectivity index (χ0) is 14.9. The minimum Gasteiger partial charge on any atom is -0.395 e. The molecule has 3 heteroatoms. The Morgan fingerprint density at radius 1 is 1.14 bits per heavy atom. The van der Waals surface area contributed by atoms with Crippen molar-refractivity contribution in [1.29, 1.82) is 0 Å². The molecule has 114 valence electrons. The van der Waals surface area contributed by atoms with Crippen molar-refractivity contribution in [1.82, 2.24) is 4.90 Å². The van der Waals surface area contributed by atoms with Crippen LogP contribution in [0.2, 0.25) is 0 Å². The molecule has 1 aliphatic rings. The van der Waals surface area contributed by atoms with Crippen molar-refractivity contribution in [2.45, 2.75) is 44.7 Å². The Kier molecular flexibility index (Phi) is 6.75. The lowest BCUT2D eigenvalue weighted by Crippen LogP contribution is -2.38. The first-order valence-corrected chi connectivity index (χ1v) is 7.96. The fourth-order valence-corrected chi connectivity index (χ4v) is 3.05. The molecular weight excluding hydrogens is 260 g/mol. The van der Waals surface area contributed by atoms with Crippen LogP contribution in [-0.2, 0) is 6.54 Å². The number of rotatable bonds is 5. The Morgan fingerprint density at radius 2 is 1.86 bits per heavy atom. The number of aliphatic hydroxyl groups is 1. The highest BCUT2D eigenvalue weighted by molar-refractivity contribution is 5.36. The highest BCUT2D eigenvalue weighted by Gasteiger charge is 2.20. The topological polar surface area (TPSA) is 49.5 Å². The van der Waals surface area contributed by atoms with Gasteiger partial charge in [-0.2, -0.15) is 0 Å². The largest absolute Gasteiger partial charge is 0.395 e. The van der Waals surface area contributed by atoms with Gasteiger partial charge >= 0.3 is 0 Å². The summed E-state index contributed by atoms with van der Waals surface area (Å²) in [5, 5.41) is 9.31. The third kappa shape index (κ3) is 5.17. The summed E-state index contributed by atoms with van der Waals surface area (Å²) in [6.07, 6.45) is 6.53. The lowest BCUT2D eigenvalue weighted by molar-refractivity contribution is 0.117. The molecule has 0 aromatic heterocycles. The minimum atomic E-state index is 0.233. The van der Waals surface area contributed by atoms with Gasteiger partial charge in [0, 0.05) is 24.7 Å². The molecule has 0 unspecified atom stereocenters. The highest BCUT2D eigenvalue weighted by Crippen LogP contribution is 2.23. The molecule has 1 fully saturated rings. The Hall–Kier alpha value is -1.34. The summed E-state index contributed by atoms with van der Waals surface area (Å²) < 4.78 is 0. The number of nitrogens with two attached hydrogens (primary N) is 1. The predicted octanol–water partition coefficient (Wildman–Crippen LogP) is 2.12. The maximum Gasteiger partial charge on any atom is 0.0558 e. The molecule has 1 saturated carbocycles. The van der Waals surface area contributed by atoms with Crippen LogP contribution in [0.5, 0.6) is 0 Å². The lowest BCUT2D eigenvalue weighted by Gasteiger charge is -2.34. The van der Waals surface area contributed by atoms with Gasteiger partial charge in [0.2, 0.25) is 0 Å². The van der Waals surface area contributed by atoms with E-state index in [1.807, 2.05) is 0 Å². The minimum absolute atomic E-state index is 0.233. The molecule has 1 aromatic carbocycles. The van der Waals surface area contributed by atoms with Crippen LogP contribution in [0.4, 0.5) is 0 Å². The molecule has 0 heterocycles. The Balaban J connectivity index is 1.98. The first-order chi connectivity index (χ1) is 10.3. The molecular formula is C18H26N2O. The van der Waals surface area contributed by atoms with Crippen molar-refractivity contribution in [2.75, 3.05) is 19.7 Å². The quantitative estimate of drug-likeness (QED) is 0.815. The average molecular weight is 286 g/mol. The SMILES string of the molecule is NCC#Cc1ccc(CN(CCO)C2CCCCC2)cc1. The molecule has 1 aromatic rings. The van der Waals surface area contributed by atoms with Crippen LogP contribution in [0.15, 0.2) is 24.3 Å². The van der Waals surface area contributed by atoms with Crippen LogP contribution in [0.3, 0.4) is 0 Å². The van der Waals surface area contributed by atoms with Crippen LogP contribution < -0.4 is 5.73 Å². The van der Waals surface area contributed by atoms with Gasteiger partial charge in [0.15, 0.2) is 0 Å². The number of aliphatic hydroxyl groups excluding tert-OH is 1. The van der Waals surface area contributed by atoms with E-state index in [0.29, 0.717) is 12.6 Å². The molecule has 3 nitrogen and oxygen atoms in total. The van der Waals surface area contributed by atoms with Gasteiger partial charge in [0.05, 0.1) is 13.2 Å². The van der Waals surface area contributed by atoms with Crippen molar-refractivity contribution < 1.29 is 5.11 Å². The molecule has 0 amide bonds. The zero-order valence-corrected chi connectivity index (χ0v) is 12.7. The lowest BCUT2D eigenvalue weighted by atomic mass is 9.94. The van der Waals surface area contributed by atoms with E-state index < -0.39 is 0 Å². The molecule has 3 N–H and O–H groups in total. The van der Waals surface area contributed by atoms with E-state index in [9.17, 15) is 5.11 Å². The van der Waals surface area contributed by atoms with E-state index in [1.165, 1.54) is 37.7 Å². The van der Waals surface area contributed by atoms with Gasteiger partial charge in [0.1, 0.15) is 0 Å². The zero-order valence-electron chi connectivity index (χ0n) is 12.7. The van der Waals surface area contributed by atoms with Crippen LogP contribution in [0, 0.1) is 11.8 Å². The maximum atomic E-state index is 9.31. The molecule has 0 aliphatic heterocycles. The van der Waals surface area contributed by atoms with E-state index in [2.05, 4.69) is 41.0 Å². The summed E-state index contributed by atoms with van der Waals surface area (Å²) in [5.74, 6) is 5.92. The number of nitrogens with zero attached hydrogens (tertiary/aromatic N) is 1. The van der Waals surface area contributed by atoms with Gasteiger partial charge in [-0.15, -0.1) is 0 Å². The van der Waals surface area contributed by atoms with Crippen LogP contribution in [0.1, 0.15) is 43.2 Å². The Bertz CT molecular complexity index is 466. The monoisotopic (exact) mass is 286 g/mol. The van der Waals surface area contributed by atoms with Gasteiger partial charge < -0.3 is 10.8 Å². The second-order valence-electron chi connectivity index (χ2n) is 5.69. The van der Waals surface area contributed by atoms with Crippen molar-refractivity contribution in [2.24, 2.45) is 5.73 Å². The number of hydrogen-bond acceptors (Lipinski definition) is 3. The van der Waals surface area contributed by atoms with Gasteiger partial charge in [-0.05, 0) is 30.5 Å². The fraction of sp³-hybridized carbons (Fsp3) is 0.556. The second kappa shape index (κ2) is 8.84. The number of hydrogen-bond donors (Lipinski definition) is 2. The van der Waals surface area contributed by atoms with Crippen LogP contribution >= 0.6 is 0 Å². The summed E-state index contributed by atoms with van der Waals surface area (Å²) in [6, 6.07) is 9.00. The Morgan fingerprint density at radius 3 is 2.48 bits per heavy atom. The van der Waals surface area contributed by atoms with E-state index >= 15 is 0 Å². The molecule has 0 saturated heterocycles. The molecule has 0 radical (unpaired) electrons. The van der Waals surface area contributed by atoms with Gasteiger partial charge in [-0.25, -0.2) is 0 Å². The van der Waals surface area contributed by atoms with Crippen LogP contribution in [0.25, 0.3) is 0 Å². The molecule has 0 atom stereocenters. The molecule has 2 rings (SSSR count). The summed E-state index contributed by atoms with van der Waals surface area (Å²) in [6.45, 7) is 2.31. The normalized spacial score (nSPS) is 15.8. The van der Waals surface area contributed by atoms with Crippen molar-refractivity contribution in [3.05, 3.63) is 35.4 Å². The fourth-order valence-electron chi connectivity index (χ4n) is 3.05. The molecule has 0 spiro atoms. The summed E-state index contributed by atoms with van der Waals surface area (Å²) in [4.78, 5) is 2.43. The third-order valence-corrected chi connectivity index (χ3v) is 4.15. The van der Waals surface area contributed by atoms with Gasteiger partial charge in [-0.1, -0.05) is 43.2 Å². The second-order valence-corrected chi connectivity index (χ2v) is 5.69. The van der Waals surface area contributed by atoms with Crippen LogP contribution in [-0.4, -0.2) is 35.7 Å². The molecule has 0 bridgehead atoms. The maximum absolute atomic E-state index is 9.31.